The van der Waals surface area contributed by atoms with E-state index in [9.17, 15) is 0 Å². The summed E-state index contributed by atoms with van der Waals surface area (Å²) < 4.78 is 1.65. The summed E-state index contributed by atoms with van der Waals surface area (Å²) >= 11 is 0. The second-order valence-electron chi connectivity index (χ2n) is 3.46. The largest absolute Gasteiger partial charge is 0.507 e. The first-order valence-electron chi connectivity index (χ1n) is 4.66. The Morgan fingerprint density at radius 2 is 2.31 bits per heavy atom. The Hall–Kier alpha value is -0.805. The summed E-state index contributed by atoms with van der Waals surface area (Å²) in [5.74, 6) is 0.560. The minimum Gasteiger partial charge on any atom is -0.422 e. The SMILES string of the molecule is CCn1nc(C2CC2)cc1B(O)O. The molecule has 0 bridgehead atoms. The molecule has 1 aromatic rings. The molecule has 1 aliphatic rings. The zero-order valence-electron chi connectivity index (χ0n) is 7.64. The second-order valence-corrected chi connectivity index (χ2v) is 3.46. The van der Waals surface area contributed by atoms with E-state index in [0.29, 0.717) is 18.1 Å². The summed E-state index contributed by atoms with van der Waals surface area (Å²) in [5.41, 5.74) is 1.51. The van der Waals surface area contributed by atoms with Crippen LogP contribution >= 0.6 is 0 Å². The Bertz CT molecular complexity index is 307. The van der Waals surface area contributed by atoms with Gasteiger partial charge in [-0.05, 0) is 25.8 Å². The molecular weight excluding hydrogens is 167 g/mol. The van der Waals surface area contributed by atoms with Crippen molar-refractivity contribution in [1.82, 2.24) is 9.78 Å². The van der Waals surface area contributed by atoms with E-state index in [1.54, 1.807) is 10.7 Å². The maximum absolute atomic E-state index is 9.05. The molecule has 1 saturated carbocycles. The van der Waals surface area contributed by atoms with E-state index in [1.807, 2.05) is 6.92 Å². The first kappa shape index (κ1) is 8.78. The van der Waals surface area contributed by atoms with Crippen LogP contribution in [0.2, 0.25) is 0 Å². The summed E-state index contributed by atoms with van der Waals surface area (Å²) in [5, 5.41) is 22.4. The summed E-state index contributed by atoms with van der Waals surface area (Å²) in [6.45, 7) is 2.62. The van der Waals surface area contributed by atoms with Crippen LogP contribution in [-0.2, 0) is 6.54 Å². The number of hydrogen-bond acceptors (Lipinski definition) is 3. The quantitative estimate of drug-likeness (QED) is 0.614. The second kappa shape index (κ2) is 3.16. The van der Waals surface area contributed by atoms with Gasteiger partial charge in [-0.2, -0.15) is 5.10 Å². The number of nitrogens with zero attached hydrogens (tertiary/aromatic N) is 2. The molecule has 1 aromatic heterocycles. The van der Waals surface area contributed by atoms with Crippen molar-refractivity contribution in [2.75, 3.05) is 0 Å². The number of hydrogen-bond donors (Lipinski definition) is 2. The van der Waals surface area contributed by atoms with E-state index >= 15 is 0 Å². The molecule has 0 amide bonds. The predicted molar refractivity (Wildman–Crippen MR) is 49.7 cm³/mol. The first-order valence-corrected chi connectivity index (χ1v) is 4.66. The number of aromatic nitrogens is 2. The smallest absolute Gasteiger partial charge is 0.422 e. The molecule has 4 nitrogen and oxygen atoms in total. The zero-order chi connectivity index (χ0) is 9.42. The zero-order valence-corrected chi connectivity index (χ0v) is 7.64. The van der Waals surface area contributed by atoms with E-state index in [0.717, 1.165) is 5.69 Å². The minimum absolute atomic E-state index is 0.504. The Morgan fingerprint density at radius 3 is 2.69 bits per heavy atom. The van der Waals surface area contributed by atoms with Crippen LogP contribution in [0.15, 0.2) is 6.07 Å². The van der Waals surface area contributed by atoms with Gasteiger partial charge in [-0.1, -0.05) is 0 Å². The van der Waals surface area contributed by atoms with Gasteiger partial charge < -0.3 is 10.0 Å². The fraction of sp³-hybridized carbons (Fsp3) is 0.625. The van der Waals surface area contributed by atoms with Gasteiger partial charge in [0.25, 0.3) is 0 Å². The highest BCUT2D eigenvalue weighted by molar-refractivity contribution is 6.57. The van der Waals surface area contributed by atoms with Gasteiger partial charge in [-0.3, -0.25) is 4.68 Å². The van der Waals surface area contributed by atoms with Gasteiger partial charge in [0, 0.05) is 12.5 Å². The van der Waals surface area contributed by atoms with E-state index in [-0.39, 0.29) is 0 Å². The van der Waals surface area contributed by atoms with Gasteiger partial charge in [0.1, 0.15) is 0 Å². The summed E-state index contributed by atoms with van der Waals surface area (Å²) in [7, 11) is -1.40. The molecule has 0 atom stereocenters. The van der Waals surface area contributed by atoms with Crippen molar-refractivity contribution in [1.29, 1.82) is 0 Å². The first-order chi connectivity index (χ1) is 6.22. The van der Waals surface area contributed by atoms with E-state index in [1.165, 1.54) is 12.8 Å². The normalized spacial score (nSPS) is 16.2. The van der Waals surface area contributed by atoms with Gasteiger partial charge >= 0.3 is 7.12 Å². The van der Waals surface area contributed by atoms with Crippen LogP contribution in [0.25, 0.3) is 0 Å². The minimum atomic E-state index is -1.40. The molecule has 0 radical (unpaired) electrons. The molecule has 5 heteroatoms. The average molecular weight is 180 g/mol. The number of aryl methyl sites for hydroxylation is 1. The lowest BCUT2D eigenvalue weighted by atomic mass is 9.85. The third-order valence-corrected chi connectivity index (χ3v) is 2.39. The van der Waals surface area contributed by atoms with Crippen LogP contribution in [0.3, 0.4) is 0 Å². The molecule has 0 saturated heterocycles. The average Bonchev–Trinajstić information content (AvgIpc) is 2.84. The lowest BCUT2D eigenvalue weighted by Crippen LogP contribution is -2.36. The Kier molecular flexibility index (Phi) is 2.13. The standard InChI is InChI=1S/C8H13BN2O2/c1-2-11-8(9(12)13)5-7(10-11)6-3-4-6/h5-6,12-13H,2-4H2,1H3. The molecule has 1 fully saturated rings. The third-order valence-electron chi connectivity index (χ3n) is 2.39. The van der Waals surface area contributed by atoms with E-state index in [2.05, 4.69) is 5.10 Å². The molecule has 0 unspecified atom stereocenters. The lowest BCUT2D eigenvalue weighted by Gasteiger charge is -2.01. The Morgan fingerprint density at radius 1 is 1.62 bits per heavy atom. The highest BCUT2D eigenvalue weighted by Gasteiger charge is 2.29. The van der Waals surface area contributed by atoms with Crippen molar-refractivity contribution in [3.8, 4) is 0 Å². The highest BCUT2D eigenvalue weighted by atomic mass is 16.4. The molecule has 2 rings (SSSR count). The molecular formula is C8H13BN2O2. The van der Waals surface area contributed by atoms with Crippen LogP contribution in [0.5, 0.6) is 0 Å². The topological polar surface area (TPSA) is 58.3 Å². The molecule has 2 N–H and O–H groups in total. The predicted octanol–water partition coefficient (Wildman–Crippen LogP) is -0.540. The summed E-state index contributed by atoms with van der Waals surface area (Å²) in [6, 6.07) is 1.80. The van der Waals surface area contributed by atoms with Gasteiger partial charge in [0.05, 0.1) is 11.3 Å². The maximum Gasteiger partial charge on any atom is 0.507 e. The van der Waals surface area contributed by atoms with Gasteiger partial charge in [-0.15, -0.1) is 0 Å². The molecule has 70 valence electrons. The Balaban J connectivity index is 2.30. The summed E-state index contributed by atoms with van der Waals surface area (Å²) in [4.78, 5) is 0. The van der Waals surface area contributed by atoms with E-state index < -0.39 is 7.12 Å². The van der Waals surface area contributed by atoms with E-state index in [4.69, 9.17) is 10.0 Å². The molecule has 1 heterocycles. The number of rotatable bonds is 3. The van der Waals surface area contributed by atoms with Gasteiger partial charge in [0.2, 0.25) is 0 Å². The van der Waals surface area contributed by atoms with Crippen molar-refractivity contribution in [3.05, 3.63) is 11.8 Å². The monoisotopic (exact) mass is 180 g/mol. The Labute approximate surface area is 77.3 Å². The van der Waals surface area contributed by atoms with Crippen LogP contribution in [0.1, 0.15) is 31.4 Å². The van der Waals surface area contributed by atoms with Crippen molar-refractivity contribution >= 4 is 12.7 Å². The van der Waals surface area contributed by atoms with Crippen LogP contribution in [-0.4, -0.2) is 26.9 Å². The maximum atomic E-state index is 9.05. The van der Waals surface area contributed by atoms with Gasteiger partial charge in [0.15, 0.2) is 0 Å². The van der Waals surface area contributed by atoms with Crippen LogP contribution in [0, 0.1) is 0 Å². The van der Waals surface area contributed by atoms with Crippen molar-refractivity contribution < 1.29 is 10.0 Å². The molecule has 13 heavy (non-hydrogen) atoms. The molecule has 1 aliphatic carbocycles. The van der Waals surface area contributed by atoms with Crippen molar-refractivity contribution in [3.63, 3.8) is 0 Å². The third kappa shape index (κ3) is 1.62. The fourth-order valence-electron chi connectivity index (χ4n) is 1.49. The van der Waals surface area contributed by atoms with Crippen molar-refractivity contribution in [2.24, 2.45) is 0 Å². The van der Waals surface area contributed by atoms with Crippen LogP contribution in [0.4, 0.5) is 0 Å². The van der Waals surface area contributed by atoms with Crippen LogP contribution < -0.4 is 5.59 Å². The molecule has 0 aliphatic heterocycles. The van der Waals surface area contributed by atoms with Gasteiger partial charge in [-0.25, -0.2) is 0 Å². The lowest BCUT2D eigenvalue weighted by molar-refractivity contribution is 0.420. The van der Waals surface area contributed by atoms with Crippen molar-refractivity contribution in [2.45, 2.75) is 32.2 Å². The molecule has 0 aromatic carbocycles. The fourth-order valence-corrected chi connectivity index (χ4v) is 1.49. The highest BCUT2D eigenvalue weighted by Crippen LogP contribution is 2.38. The summed E-state index contributed by atoms with van der Waals surface area (Å²) in [6.07, 6.45) is 2.36. The molecule has 0 spiro atoms.